The normalized spacial score (nSPS) is 12.2. The van der Waals surface area contributed by atoms with Crippen LogP contribution >= 0.6 is 0 Å². The van der Waals surface area contributed by atoms with Gasteiger partial charge in [0.15, 0.2) is 0 Å². The summed E-state index contributed by atoms with van der Waals surface area (Å²) in [6.45, 7) is 1.41. The van der Waals surface area contributed by atoms with Crippen LogP contribution < -0.4 is 10.1 Å². The van der Waals surface area contributed by atoms with Crippen molar-refractivity contribution in [3.63, 3.8) is 0 Å². The minimum atomic E-state index is -0.564. The molecule has 0 radical (unpaired) electrons. The number of aliphatic hydroxyl groups excluding tert-OH is 1. The van der Waals surface area contributed by atoms with Crippen molar-refractivity contribution in [1.82, 2.24) is 10.3 Å². The summed E-state index contributed by atoms with van der Waals surface area (Å²) in [5, 5.41) is 15.5. The molecule has 4 nitrogen and oxygen atoms in total. The van der Waals surface area contributed by atoms with Gasteiger partial charge in [0, 0.05) is 30.9 Å². The maximum atomic E-state index is 10.1. The van der Waals surface area contributed by atoms with E-state index in [4.69, 9.17) is 4.74 Å². The fourth-order valence-corrected chi connectivity index (χ4v) is 2.45. The van der Waals surface area contributed by atoms with Crippen LogP contribution in [0.2, 0.25) is 0 Å². The van der Waals surface area contributed by atoms with Crippen molar-refractivity contribution in [2.24, 2.45) is 0 Å². The van der Waals surface area contributed by atoms with Crippen LogP contribution in [0.1, 0.15) is 5.56 Å². The summed E-state index contributed by atoms with van der Waals surface area (Å²) in [4.78, 5) is 4.06. The molecule has 0 aliphatic carbocycles. The summed E-state index contributed by atoms with van der Waals surface area (Å²) >= 11 is 0. The summed E-state index contributed by atoms with van der Waals surface area (Å²) in [5.41, 5.74) is 1.09. The van der Waals surface area contributed by atoms with Gasteiger partial charge in [0.25, 0.3) is 0 Å². The Hall–Kier alpha value is -2.43. The molecule has 0 spiro atoms. The average molecular weight is 308 g/mol. The number of ether oxygens (including phenoxy) is 1. The van der Waals surface area contributed by atoms with Crippen molar-refractivity contribution in [3.8, 4) is 5.75 Å². The lowest BCUT2D eigenvalue weighted by atomic mass is 10.1. The fraction of sp³-hybridized carbons (Fsp3) is 0.211. The second-order valence-electron chi connectivity index (χ2n) is 5.43. The lowest BCUT2D eigenvalue weighted by molar-refractivity contribution is 0.107. The van der Waals surface area contributed by atoms with E-state index in [1.165, 1.54) is 0 Å². The number of aromatic nitrogens is 1. The lowest BCUT2D eigenvalue weighted by Crippen LogP contribution is -2.31. The largest absolute Gasteiger partial charge is 0.490 e. The van der Waals surface area contributed by atoms with E-state index in [0.717, 1.165) is 22.1 Å². The Morgan fingerprint density at radius 2 is 1.91 bits per heavy atom. The minimum Gasteiger partial charge on any atom is -0.490 e. The van der Waals surface area contributed by atoms with E-state index in [0.29, 0.717) is 13.1 Å². The van der Waals surface area contributed by atoms with Gasteiger partial charge in [0.1, 0.15) is 18.5 Å². The first-order chi connectivity index (χ1) is 11.3. The fourth-order valence-electron chi connectivity index (χ4n) is 2.45. The first-order valence-electron chi connectivity index (χ1n) is 7.71. The number of benzene rings is 2. The quantitative estimate of drug-likeness (QED) is 0.705. The van der Waals surface area contributed by atoms with Crippen molar-refractivity contribution >= 4 is 10.8 Å². The van der Waals surface area contributed by atoms with E-state index in [9.17, 15) is 5.11 Å². The van der Waals surface area contributed by atoms with Crippen LogP contribution in [0.5, 0.6) is 5.75 Å². The average Bonchev–Trinajstić information content (AvgIpc) is 2.61. The molecule has 0 aliphatic rings. The molecule has 0 aliphatic heterocycles. The maximum absolute atomic E-state index is 10.1. The summed E-state index contributed by atoms with van der Waals surface area (Å²) in [7, 11) is 0. The van der Waals surface area contributed by atoms with Crippen LogP contribution in [0, 0.1) is 0 Å². The number of fused-ring (bicyclic) bond motifs is 1. The van der Waals surface area contributed by atoms with Gasteiger partial charge in [-0.1, -0.05) is 42.5 Å². The molecule has 3 rings (SSSR count). The molecule has 0 saturated carbocycles. The molecule has 1 atom stereocenters. The zero-order valence-corrected chi connectivity index (χ0v) is 12.9. The van der Waals surface area contributed by atoms with E-state index in [-0.39, 0.29) is 6.61 Å². The third-order valence-corrected chi connectivity index (χ3v) is 3.61. The Morgan fingerprint density at radius 1 is 1.04 bits per heavy atom. The van der Waals surface area contributed by atoms with Crippen molar-refractivity contribution in [3.05, 3.63) is 72.6 Å². The predicted molar refractivity (Wildman–Crippen MR) is 91.4 cm³/mol. The van der Waals surface area contributed by atoms with Gasteiger partial charge in [-0.3, -0.25) is 4.98 Å². The number of hydrogen-bond acceptors (Lipinski definition) is 4. The van der Waals surface area contributed by atoms with Gasteiger partial charge in [-0.2, -0.15) is 0 Å². The number of nitrogens with one attached hydrogen (secondary N) is 1. The van der Waals surface area contributed by atoms with Crippen LogP contribution in [0.25, 0.3) is 10.8 Å². The zero-order chi connectivity index (χ0) is 15.9. The SMILES string of the molecule is O[C@H](CNCc1cccnc1)COc1cccc2ccccc12. The van der Waals surface area contributed by atoms with Gasteiger partial charge in [0.2, 0.25) is 0 Å². The first kappa shape index (κ1) is 15.5. The molecule has 0 fully saturated rings. The third kappa shape index (κ3) is 4.28. The van der Waals surface area contributed by atoms with Crippen molar-refractivity contribution in [2.45, 2.75) is 12.6 Å². The highest BCUT2D eigenvalue weighted by molar-refractivity contribution is 5.88. The van der Waals surface area contributed by atoms with E-state index >= 15 is 0 Å². The molecule has 23 heavy (non-hydrogen) atoms. The first-order valence-corrected chi connectivity index (χ1v) is 7.71. The van der Waals surface area contributed by atoms with E-state index in [2.05, 4.69) is 10.3 Å². The molecule has 0 amide bonds. The molecule has 1 aromatic heterocycles. The predicted octanol–water partition coefficient (Wildman–Crippen LogP) is 2.76. The molecule has 3 aromatic rings. The molecular formula is C19H20N2O2. The second kappa shape index (κ2) is 7.72. The molecule has 2 N–H and O–H groups in total. The van der Waals surface area contributed by atoms with Crippen LogP contribution in [0.15, 0.2) is 67.0 Å². The molecule has 0 saturated heterocycles. The van der Waals surface area contributed by atoms with E-state index in [1.54, 1.807) is 6.20 Å². The van der Waals surface area contributed by atoms with Crippen molar-refractivity contribution < 1.29 is 9.84 Å². The van der Waals surface area contributed by atoms with Gasteiger partial charge < -0.3 is 15.2 Å². The highest BCUT2D eigenvalue weighted by atomic mass is 16.5. The lowest BCUT2D eigenvalue weighted by Gasteiger charge is -2.14. The Bertz CT molecular complexity index is 741. The smallest absolute Gasteiger partial charge is 0.127 e. The van der Waals surface area contributed by atoms with Crippen LogP contribution in [-0.2, 0) is 6.54 Å². The molecule has 118 valence electrons. The summed E-state index contributed by atoms with van der Waals surface area (Å²) in [6, 6.07) is 17.9. The second-order valence-corrected chi connectivity index (χ2v) is 5.43. The van der Waals surface area contributed by atoms with Crippen molar-refractivity contribution in [2.75, 3.05) is 13.2 Å². The Morgan fingerprint density at radius 3 is 2.78 bits per heavy atom. The summed E-state index contributed by atoms with van der Waals surface area (Å²) < 4.78 is 5.78. The Balaban J connectivity index is 1.49. The minimum absolute atomic E-state index is 0.258. The number of rotatable bonds is 7. The molecular weight excluding hydrogens is 288 g/mol. The number of nitrogens with zero attached hydrogens (tertiary/aromatic N) is 1. The number of hydrogen-bond donors (Lipinski definition) is 2. The van der Waals surface area contributed by atoms with E-state index < -0.39 is 6.10 Å². The third-order valence-electron chi connectivity index (χ3n) is 3.61. The molecule has 2 aromatic carbocycles. The van der Waals surface area contributed by atoms with Crippen molar-refractivity contribution in [1.29, 1.82) is 0 Å². The molecule has 0 unspecified atom stereocenters. The highest BCUT2D eigenvalue weighted by Gasteiger charge is 2.07. The monoisotopic (exact) mass is 308 g/mol. The van der Waals surface area contributed by atoms with Gasteiger partial charge in [0.05, 0.1) is 0 Å². The molecule has 4 heteroatoms. The topological polar surface area (TPSA) is 54.4 Å². The van der Waals surface area contributed by atoms with Gasteiger partial charge in [-0.15, -0.1) is 0 Å². The van der Waals surface area contributed by atoms with E-state index in [1.807, 2.05) is 60.8 Å². The van der Waals surface area contributed by atoms with Gasteiger partial charge in [-0.25, -0.2) is 0 Å². The molecule has 0 bridgehead atoms. The Kier molecular flexibility index (Phi) is 5.19. The highest BCUT2D eigenvalue weighted by Crippen LogP contribution is 2.25. The summed E-state index contributed by atoms with van der Waals surface area (Å²) in [5.74, 6) is 0.800. The number of aliphatic hydroxyl groups is 1. The van der Waals surface area contributed by atoms with Crippen LogP contribution in [0.3, 0.4) is 0 Å². The molecule has 1 heterocycles. The zero-order valence-electron chi connectivity index (χ0n) is 12.9. The van der Waals surface area contributed by atoms with Gasteiger partial charge >= 0.3 is 0 Å². The Labute approximate surface area is 135 Å². The van der Waals surface area contributed by atoms with Gasteiger partial charge in [-0.05, 0) is 23.1 Å². The van der Waals surface area contributed by atoms with Crippen LogP contribution in [0.4, 0.5) is 0 Å². The number of pyridine rings is 1. The maximum Gasteiger partial charge on any atom is 0.127 e. The standard InChI is InChI=1S/C19H20N2O2/c22-17(13-21-12-15-5-4-10-20-11-15)14-23-19-9-3-7-16-6-1-2-8-18(16)19/h1-11,17,21-22H,12-14H2/t17-/m1/s1. The van der Waals surface area contributed by atoms with Crippen LogP contribution in [-0.4, -0.2) is 29.3 Å². The summed E-state index contributed by atoms with van der Waals surface area (Å²) in [6.07, 6.45) is 2.99.